The molecule has 0 spiro atoms. The third kappa shape index (κ3) is 4.50. The summed E-state index contributed by atoms with van der Waals surface area (Å²) < 4.78 is 36.4. The third-order valence-electron chi connectivity index (χ3n) is 1.47. The van der Waals surface area contributed by atoms with Crippen LogP contribution in [0.3, 0.4) is 0 Å². The summed E-state index contributed by atoms with van der Waals surface area (Å²) in [5.74, 6) is 0. The molecule has 0 aliphatic rings. The molecule has 0 saturated heterocycles. The average Bonchev–Trinajstić information content (AvgIpc) is 1.98. The Morgan fingerprint density at radius 2 is 2.00 bits per heavy atom. The molecular formula is C9H11F3O. The largest absolute Gasteiger partial charge is 0.412 e. The van der Waals surface area contributed by atoms with Gasteiger partial charge in [0, 0.05) is 12.0 Å². The highest BCUT2D eigenvalue weighted by atomic mass is 19.4. The Morgan fingerprint density at radius 1 is 1.46 bits per heavy atom. The predicted molar refractivity (Wildman–Crippen MR) is 44.3 cm³/mol. The standard InChI is InChI=1S/C9H11F3O/c1-3-8(9(10,11)12)6-7(2)4-5-13/h5-6H,2-4H2,1H3/b8-6+. The molecule has 0 rings (SSSR count). The van der Waals surface area contributed by atoms with Crippen molar-refractivity contribution in [2.75, 3.05) is 0 Å². The number of aldehydes is 1. The highest BCUT2D eigenvalue weighted by Gasteiger charge is 2.31. The molecule has 0 fully saturated rings. The second-order valence-corrected chi connectivity index (χ2v) is 2.55. The van der Waals surface area contributed by atoms with E-state index in [0.717, 1.165) is 6.08 Å². The fraction of sp³-hybridized carbons (Fsp3) is 0.444. The van der Waals surface area contributed by atoms with E-state index < -0.39 is 11.7 Å². The summed E-state index contributed by atoms with van der Waals surface area (Å²) in [5, 5.41) is 0. The first kappa shape index (κ1) is 11.9. The van der Waals surface area contributed by atoms with Crippen LogP contribution in [0, 0.1) is 0 Å². The smallest absolute Gasteiger partial charge is 0.303 e. The number of hydrogen-bond donors (Lipinski definition) is 0. The summed E-state index contributed by atoms with van der Waals surface area (Å²) in [6.45, 7) is 4.75. The first-order chi connectivity index (χ1) is 5.91. The van der Waals surface area contributed by atoms with Crippen LogP contribution in [0.2, 0.25) is 0 Å². The normalized spacial score (nSPS) is 12.8. The van der Waals surface area contributed by atoms with Crippen molar-refractivity contribution >= 4 is 6.29 Å². The summed E-state index contributed by atoms with van der Waals surface area (Å²) >= 11 is 0. The monoisotopic (exact) mass is 192 g/mol. The van der Waals surface area contributed by atoms with Crippen molar-refractivity contribution in [2.45, 2.75) is 25.9 Å². The maximum absolute atomic E-state index is 12.1. The molecular weight excluding hydrogens is 181 g/mol. The van der Waals surface area contributed by atoms with Crippen LogP contribution in [0.15, 0.2) is 23.8 Å². The fourth-order valence-corrected chi connectivity index (χ4v) is 0.797. The van der Waals surface area contributed by atoms with Crippen molar-refractivity contribution in [1.82, 2.24) is 0 Å². The van der Waals surface area contributed by atoms with E-state index in [1.165, 1.54) is 6.92 Å². The van der Waals surface area contributed by atoms with Gasteiger partial charge in [-0.15, -0.1) is 0 Å². The second-order valence-electron chi connectivity index (χ2n) is 2.55. The number of rotatable bonds is 4. The molecule has 0 amide bonds. The van der Waals surface area contributed by atoms with E-state index in [4.69, 9.17) is 0 Å². The molecule has 4 heteroatoms. The third-order valence-corrected chi connectivity index (χ3v) is 1.47. The van der Waals surface area contributed by atoms with Crippen LogP contribution in [0.25, 0.3) is 0 Å². The van der Waals surface area contributed by atoms with Gasteiger partial charge in [0.1, 0.15) is 6.29 Å². The Kier molecular flexibility index (Phi) is 4.45. The molecule has 0 aliphatic carbocycles. The van der Waals surface area contributed by atoms with Crippen LogP contribution in [0.1, 0.15) is 19.8 Å². The van der Waals surface area contributed by atoms with Gasteiger partial charge in [0.2, 0.25) is 0 Å². The van der Waals surface area contributed by atoms with Gasteiger partial charge < -0.3 is 4.79 Å². The Balaban J connectivity index is 4.57. The molecule has 0 atom stereocenters. The fourth-order valence-electron chi connectivity index (χ4n) is 0.797. The molecule has 0 aliphatic heterocycles. The summed E-state index contributed by atoms with van der Waals surface area (Å²) in [6, 6.07) is 0. The van der Waals surface area contributed by atoms with Crippen LogP contribution in [0.5, 0.6) is 0 Å². The van der Waals surface area contributed by atoms with E-state index in [0.29, 0.717) is 6.29 Å². The predicted octanol–water partition coefficient (Wildman–Crippen LogP) is 3.03. The molecule has 0 aromatic rings. The molecule has 74 valence electrons. The van der Waals surface area contributed by atoms with E-state index >= 15 is 0 Å². The molecule has 0 heterocycles. The lowest BCUT2D eigenvalue weighted by molar-refractivity contribution is -0.107. The molecule has 0 radical (unpaired) electrons. The van der Waals surface area contributed by atoms with Crippen LogP contribution in [-0.2, 0) is 4.79 Å². The molecule has 0 bridgehead atoms. The average molecular weight is 192 g/mol. The van der Waals surface area contributed by atoms with E-state index in [1.54, 1.807) is 0 Å². The number of allylic oxidation sites excluding steroid dienone is 3. The van der Waals surface area contributed by atoms with Crippen molar-refractivity contribution in [3.63, 3.8) is 0 Å². The van der Waals surface area contributed by atoms with Gasteiger partial charge in [-0.25, -0.2) is 0 Å². The minimum Gasteiger partial charge on any atom is -0.303 e. The zero-order chi connectivity index (χ0) is 10.5. The second kappa shape index (κ2) is 4.84. The molecule has 0 aromatic carbocycles. The van der Waals surface area contributed by atoms with Crippen molar-refractivity contribution < 1.29 is 18.0 Å². The summed E-state index contributed by atoms with van der Waals surface area (Å²) in [7, 11) is 0. The SMILES string of the molecule is C=C(/C=C(\CC)C(F)(F)F)CC=O. The van der Waals surface area contributed by atoms with Crippen LogP contribution in [0.4, 0.5) is 13.2 Å². The lowest BCUT2D eigenvalue weighted by Crippen LogP contribution is -2.11. The maximum Gasteiger partial charge on any atom is 0.412 e. The molecule has 0 unspecified atom stereocenters. The van der Waals surface area contributed by atoms with Gasteiger partial charge in [0.15, 0.2) is 0 Å². The quantitative estimate of drug-likeness (QED) is 0.494. The molecule has 1 nitrogen and oxygen atoms in total. The van der Waals surface area contributed by atoms with E-state index in [9.17, 15) is 18.0 Å². The Morgan fingerprint density at radius 3 is 2.31 bits per heavy atom. The number of alkyl halides is 3. The highest BCUT2D eigenvalue weighted by molar-refractivity contribution is 5.55. The zero-order valence-corrected chi connectivity index (χ0v) is 7.32. The molecule has 0 saturated carbocycles. The van der Waals surface area contributed by atoms with Crippen LogP contribution < -0.4 is 0 Å². The zero-order valence-electron chi connectivity index (χ0n) is 7.32. The topological polar surface area (TPSA) is 17.1 Å². The summed E-state index contributed by atoms with van der Waals surface area (Å²) in [6.07, 6.45) is -3.03. The van der Waals surface area contributed by atoms with Crippen molar-refractivity contribution in [2.24, 2.45) is 0 Å². The van der Waals surface area contributed by atoms with Crippen molar-refractivity contribution in [3.8, 4) is 0 Å². The number of hydrogen-bond acceptors (Lipinski definition) is 1. The highest BCUT2D eigenvalue weighted by Crippen LogP contribution is 2.28. The first-order valence-corrected chi connectivity index (χ1v) is 3.81. The van der Waals surface area contributed by atoms with Gasteiger partial charge in [0.25, 0.3) is 0 Å². The molecule has 13 heavy (non-hydrogen) atoms. The van der Waals surface area contributed by atoms with Crippen molar-refractivity contribution in [1.29, 1.82) is 0 Å². The van der Waals surface area contributed by atoms with Crippen molar-refractivity contribution in [3.05, 3.63) is 23.8 Å². The Hall–Kier alpha value is -1.06. The number of carbonyl (C=O) groups is 1. The van der Waals surface area contributed by atoms with Gasteiger partial charge in [-0.3, -0.25) is 0 Å². The maximum atomic E-state index is 12.1. The minimum atomic E-state index is -4.32. The van der Waals surface area contributed by atoms with E-state index in [1.807, 2.05) is 0 Å². The Labute approximate surface area is 74.9 Å². The summed E-state index contributed by atoms with van der Waals surface area (Å²) in [4.78, 5) is 9.96. The Bertz CT molecular complexity index is 226. The summed E-state index contributed by atoms with van der Waals surface area (Å²) in [5.41, 5.74) is -0.469. The first-order valence-electron chi connectivity index (χ1n) is 3.81. The van der Waals surface area contributed by atoms with Gasteiger partial charge in [-0.1, -0.05) is 19.6 Å². The minimum absolute atomic E-state index is 0.0560. The molecule has 0 N–H and O–H groups in total. The van der Waals surface area contributed by atoms with Gasteiger partial charge >= 0.3 is 6.18 Å². The van der Waals surface area contributed by atoms with Gasteiger partial charge in [-0.05, 0) is 12.0 Å². The lowest BCUT2D eigenvalue weighted by Gasteiger charge is -2.09. The van der Waals surface area contributed by atoms with Gasteiger partial charge in [-0.2, -0.15) is 13.2 Å². The molecule has 0 aromatic heterocycles. The van der Waals surface area contributed by atoms with E-state index in [2.05, 4.69) is 6.58 Å². The number of carbonyl (C=O) groups excluding carboxylic acids is 1. The number of halogens is 3. The van der Waals surface area contributed by atoms with E-state index in [-0.39, 0.29) is 18.4 Å². The van der Waals surface area contributed by atoms with Crippen LogP contribution >= 0.6 is 0 Å². The van der Waals surface area contributed by atoms with Gasteiger partial charge in [0.05, 0.1) is 0 Å². The lowest BCUT2D eigenvalue weighted by atomic mass is 10.1. The van der Waals surface area contributed by atoms with Crippen LogP contribution in [-0.4, -0.2) is 12.5 Å².